The third kappa shape index (κ3) is 5.33. The van der Waals surface area contributed by atoms with E-state index in [0.717, 1.165) is 38.4 Å². The van der Waals surface area contributed by atoms with Crippen molar-refractivity contribution < 1.29 is 14.3 Å². The SMILES string of the molecule is CCc1ccc(C(=O)/C=C/c2ccc(OC)c(COc3cccc(Br)c3)c2)s1. The van der Waals surface area contributed by atoms with Crippen LogP contribution in [0.15, 0.2) is 65.1 Å². The Morgan fingerprint density at radius 1 is 1.14 bits per heavy atom. The molecule has 0 unspecified atom stereocenters. The van der Waals surface area contributed by atoms with Crippen molar-refractivity contribution in [1.29, 1.82) is 0 Å². The summed E-state index contributed by atoms with van der Waals surface area (Å²) in [6.07, 6.45) is 4.39. The summed E-state index contributed by atoms with van der Waals surface area (Å²) in [6, 6.07) is 17.4. The molecule has 0 radical (unpaired) electrons. The molecule has 3 rings (SSSR count). The van der Waals surface area contributed by atoms with Crippen LogP contribution < -0.4 is 9.47 Å². The van der Waals surface area contributed by atoms with Crippen LogP contribution >= 0.6 is 27.3 Å². The maximum absolute atomic E-state index is 12.4. The second-order valence-corrected chi connectivity index (χ2v) is 8.22. The molecule has 144 valence electrons. The van der Waals surface area contributed by atoms with E-state index in [0.29, 0.717) is 6.61 Å². The van der Waals surface area contributed by atoms with Gasteiger partial charge in [-0.05, 0) is 60.5 Å². The first-order valence-electron chi connectivity index (χ1n) is 8.95. The molecule has 0 saturated carbocycles. The summed E-state index contributed by atoms with van der Waals surface area (Å²) >= 11 is 4.99. The zero-order valence-corrected chi connectivity index (χ0v) is 18.2. The summed E-state index contributed by atoms with van der Waals surface area (Å²) in [5.41, 5.74) is 1.84. The topological polar surface area (TPSA) is 35.5 Å². The summed E-state index contributed by atoms with van der Waals surface area (Å²) in [5, 5.41) is 0. The third-order valence-electron chi connectivity index (χ3n) is 4.18. The van der Waals surface area contributed by atoms with Gasteiger partial charge < -0.3 is 9.47 Å². The van der Waals surface area contributed by atoms with Crippen LogP contribution in [-0.4, -0.2) is 12.9 Å². The lowest BCUT2D eigenvalue weighted by atomic mass is 10.1. The van der Waals surface area contributed by atoms with Crippen molar-refractivity contribution in [3.63, 3.8) is 0 Å². The van der Waals surface area contributed by atoms with Crippen molar-refractivity contribution in [2.75, 3.05) is 7.11 Å². The molecule has 0 atom stereocenters. The molecule has 3 nitrogen and oxygen atoms in total. The first-order valence-corrected chi connectivity index (χ1v) is 10.6. The summed E-state index contributed by atoms with van der Waals surface area (Å²) in [7, 11) is 1.64. The van der Waals surface area contributed by atoms with Crippen LogP contribution in [-0.2, 0) is 13.0 Å². The normalized spacial score (nSPS) is 11.0. The molecule has 0 aliphatic carbocycles. The molecule has 0 spiro atoms. The fourth-order valence-corrected chi connectivity index (χ4v) is 3.93. The minimum atomic E-state index is 0.0208. The van der Waals surface area contributed by atoms with E-state index in [1.165, 1.54) is 4.88 Å². The van der Waals surface area contributed by atoms with Crippen LogP contribution in [0.1, 0.15) is 32.6 Å². The monoisotopic (exact) mass is 456 g/mol. The first-order chi connectivity index (χ1) is 13.6. The van der Waals surface area contributed by atoms with Gasteiger partial charge in [-0.3, -0.25) is 4.79 Å². The zero-order valence-electron chi connectivity index (χ0n) is 15.8. The Labute approximate surface area is 177 Å². The summed E-state index contributed by atoms with van der Waals surface area (Å²) in [6.45, 7) is 2.46. The smallest absolute Gasteiger partial charge is 0.195 e. The highest BCUT2D eigenvalue weighted by Crippen LogP contribution is 2.25. The Kier molecular flexibility index (Phi) is 7.06. The van der Waals surface area contributed by atoms with Crippen molar-refractivity contribution in [3.8, 4) is 11.5 Å². The van der Waals surface area contributed by atoms with Gasteiger partial charge in [-0.15, -0.1) is 11.3 Å². The highest BCUT2D eigenvalue weighted by atomic mass is 79.9. The number of halogens is 1. The lowest BCUT2D eigenvalue weighted by Gasteiger charge is -2.11. The van der Waals surface area contributed by atoms with E-state index in [1.807, 2.05) is 60.7 Å². The van der Waals surface area contributed by atoms with E-state index in [4.69, 9.17) is 9.47 Å². The molecule has 2 aromatic carbocycles. The van der Waals surface area contributed by atoms with Crippen molar-refractivity contribution in [1.82, 2.24) is 0 Å². The molecule has 0 saturated heterocycles. The number of hydrogen-bond acceptors (Lipinski definition) is 4. The highest BCUT2D eigenvalue weighted by molar-refractivity contribution is 9.10. The number of ketones is 1. The largest absolute Gasteiger partial charge is 0.496 e. The van der Waals surface area contributed by atoms with E-state index in [9.17, 15) is 4.79 Å². The van der Waals surface area contributed by atoms with Gasteiger partial charge in [0.05, 0.1) is 12.0 Å². The number of allylic oxidation sites excluding steroid dienone is 1. The number of thiophene rings is 1. The van der Waals surface area contributed by atoms with Crippen LogP contribution in [0.3, 0.4) is 0 Å². The molecule has 1 aromatic heterocycles. The first kappa shape index (κ1) is 20.4. The quantitative estimate of drug-likeness (QED) is 0.284. The maximum atomic E-state index is 12.4. The molecule has 0 aliphatic rings. The Hall–Kier alpha value is -2.37. The molecular weight excluding hydrogens is 436 g/mol. The van der Waals surface area contributed by atoms with Gasteiger partial charge >= 0.3 is 0 Å². The van der Waals surface area contributed by atoms with Gasteiger partial charge in [0.15, 0.2) is 5.78 Å². The summed E-state index contributed by atoms with van der Waals surface area (Å²) in [5.74, 6) is 1.55. The van der Waals surface area contributed by atoms with Crippen LogP contribution in [0.25, 0.3) is 6.08 Å². The Balaban J connectivity index is 1.73. The van der Waals surface area contributed by atoms with Crippen molar-refractivity contribution >= 4 is 39.1 Å². The van der Waals surface area contributed by atoms with Gasteiger partial charge in [-0.1, -0.05) is 41.1 Å². The number of hydrogen-bond donors (Lipinski definition) is 0. The number of carbonyl (C=O) groups is 1. The van der Waals surface area contributed by atoms with Gasteiger partial charge in [0.2, 0.25) is 0 Å². The van der Waals surface area contributed by atoms with Gasteiger partial charge in [-0.25, -0.2) is 0 Å². The molecule has 0 amide bonds. The Morgan fingerprint density at radius 2 is 2.00 bits per heavy atom. The third-order valence-corrected chi connectivity index (χ3v) is 5.91. The van der Waals surface area contributed by atoms with Crippen molar-refractivity contribution in [2.24, 2.45) is 0 Å². The average Bonchev–Trinajstić information content (AvgIpc) is 3.20. The minimum Gasteiger partial charge on any atom is -0.496 e. The van der Waals surface area contributed by atoms with Crippen LogP contribution in [0, 0.1) is 0 Å². The van der Waals surface area contributed by atoms with Gasteiger partial charge in [-0.2, -0.15) is 0 Å². The lowest BCUT2D eigenvalue weighted by molar-refractivity contribution is 0.105. The second-order valence-electron chi connectivity index (χ2n) is 6.13. The molecule has 0 aliphatic heterocycles. The molecule has 0 fully saturated rings. The van der Waals surface area contributed by atoms with E-state index in [1.54, 1.807) is 24.5 Å². The average molecular weight is 457 g/mol. The van der Waals surface area contributed by atoms with E-state index in [2.05, 4.69) is 22.9 Å². The molecule has 5 heteroatoms. The number of rotatable bonds is 8. The number of aryl methyl sites for hydroxylation is 1. The number of carbonyl (C=O) groups excluding carboxylic acids is 1. The Bertz CT molecular complexity index is 991. The van der Waals surface area contributed by atoms with Crippen LogP contribution in [0.2, 0.25) is 0 Å². The van der Waals surface area contributed by atoms with E-state index in [-0.39, 0.29) is 5.78 Å². The summed E-state index contributed by atoms with van der Waals surface area (Å²) in [4.78, 5) is 14.3. The predicted octanol–water partition coefficient (Wildman–Crippen LogP) is 6.56. The maximum Gasteiger partial charge on any atom is 0.195 e. The van der Waals surface area contributed by atoms with Crippen molar-refractivity contribution in [3.05, 3.63) is 86.0 Å². The van der Waals surface area contributed by atoms with Crippen molar-refractivity contribution in [2.45, 2.75) is 20.0 Å². The molecule has 0 bridgehead atoms. The van der Waals surface area contributed by atoms with Gasteiger partial charge in [0.1, 0.15) is 18.1 Å². The molecular formula is C23H21BrO3S. The van der Waals surface area contributed by atoms with Crippen LogP contribution in [0.5, 0.6) is 11.5 Å². The Morgan fingerprint density at radius 3 is 2.71 bits per heavy atom. The molecule has 3 aromatic rings. The fraction of sp³-hybridized carbons (Fsp3) is 0.174. The lowest BCUT2D eigenvalue weighted by Crippen LogP contribution is -1.99. The predicted molar refractivity (Wildman–Crippen MR) is 119 cm³/mol. The standard InChI is InChI=1S/C23H21BrO3S/c1-3-20-9-12-23(28-20)21(25)10-7-16-8-11-22(26-2)17(13-16)15-27-19-6-4-5-18(24)14-19/h4-14H,3,15H2,1-2H3/b10-7+. The minimum absolute atomic E-state index is 0.0208. The molecule has 0 N–H and O–H groups in total. The van der Waals surface area contributed by atoms with E-state index < -0.39 is 0 Å². The number of benzene rings is 2. The van der Waals surface area contributed by atoms with E-state index >= 15 is 0 Å². The highest BCUT2D eigenvalue weighted by Gasteiger charge is 2.08. The van der Waals surface area contributed by atoms with Gasteiger partial charge in [0, 0.05) is 14.9 Å². The second kappa shape index (κ2) is 9.71. The molecule has 28 heavy (non-hydrogen) atoms. The van der Waals surface area contributed by atoms with Crippen LogP contribution in [0.4, 0.5) is 0 Å². The fourth-order valence-electron chi connectivity index (χ4n) is 2.69. The summed E-state index contributed by atoms with van der Waals surface area (Å²) < 4.78 is 12.3. The zero-order chi connectivity index (χ0) is 19.9. The number of methoxy groups -OCH3 is 1. The molecule has 1 heterocycles. The van der Waals surface area contributed by atoms with Gasteiger partial charge in [0.25, 0.3) is 0 Å². The number of ether oxygens (including phenoxy) is 2.